The van der Waals surface area contributed by atoms with Gasteiger partial charge in [-0.15, -0.1) is 5.10 Å². The summed E-state index contributed by atoms with van der Waals surface area (Å²) in [7, 11) is 1.63. The minimum absolute atomic E-state index is 0.0206. The van der Waals surface area contributed by atoms with Crippen LogP contribution in [-0.4, -0.2) is 51.0 Å². The first kappa shape index (κ1) is 14.6. The maximum Gasteiger partial charge on any atom is 0.255 e. The molecule has 1 unspecified atom stereocenters. The summed E-state index contributed by atoms with van der Waals surface area (Å²) >= 11 is 0. The van der Waals surface area contributed by atoms with E-state index in [1.165, 1.54) is 0 Å². The van der Waals surface area contributed by atoms with Gasteiger partial charge < -0.3 is 9.64 Å². The average Bonchev–Trinajstić information content (AvgIpc) is 3.16. The number of nitrogens with zero attached hydrogens (tertiary/aromatic N) is 5. The molecule has 0 aromatic carbocycles. The highest BCUT2D eigenvalue weighted by Crippen LogP contribution is 2.22. The standard InChI is InChI=1S/C15H19N5O2/c1-11-3-4-12(7-16-11)15(21)19-6-5-14(9-19)20-8-13(10-22-2)17-18-20/h3-4,7-8,14H,5-6,9-10H2,1-2H3. The average molecular weight is 301 g/mol. The summed E-state index contributed by atoms with van der Waals surface area (Å²) in [6.45, 7) is 3.71. The molecule has 116 valence electrons. The molecule has 1 amide bonds. The van der Waals surface area contributed by atoms with Crippen LogP contribution >= 0.6 is 0 Å². The number of amides is 1. The van der Waals surface area contributed by atoms with Gasteiger partial charge in [-0.25, -0.2) is 4.68 Å². The van der Waals surface area contributed by atoms with E-state index in [0.29, 0.717) is 18.7 Å². The van der Waals surface area contributed by atoms with Gasteiger partial charge >= 0.3 is 0 Å². The second-order valence-corrected chi connectivity index (χ2v) is 5.50. The van der Waals surface area contributed by atoms with Crippen molar-refractivity contribution >= 4 is 5.91 Å². The van der Waals surface area contributed by atoms with E-state index >= 15 is 0 Å². The van der Waals surface area contributed by atoms with Crippen LogP contribution in [0.3, 0.4) is 0 Å². The largest absolute Gasteiger partial charge is 0.378 e. The van der Waals surface area contributed by atoms with Crippen LogP contribution in [0.25, 0.3) is 0 Å². The fraction of sp³-hybridized carbons (Fsp3) is 0.467. The molecule has 1 aliphatic rings. The van der Waals surface area contributed by atoms with Gasteiger partial charge in [0, 0.05) is 32.1 Å². The Bertz CT molecular complexity index is 652. The minimum atomic E-state index is 0.0206. The monoisotopic (exact) mass is 301 g/mol. The number of rotatable bonds is 4. The zero-order chi connectivity index (χ0) is 15.5. The molecule has 7 heteroatoms. The second-order valence-electron chi connectivity index (χ2n) is 5.50. The molecule has 0 N–H and O–H groups in total. The number of carbonyl (C=O) groups is 1. The molecule has 0 radical (unpaired) electrons. The van der Waals surface area contributed by atoms with Crippen LogP contribution in [0.5, 0.6) is 0 Å². The lowest BCUT2D eigenvalue weighted by molar-refractivity contribution is 0.0786. The lowest BCUT2D eigenvalue weighted by atomic mass is 10.2. The van der Waals surface area contributed by atoms with E-state index in [1.54, 1.807) is 13.3 Å². The summed E-state index contributed by atoms with van der Waals surface area (Å²) in [5.41, 5.74) is 2.34. The van der Waals surface area contributed by atoms with Gasteiger partial charge in [0.15, 0.2) is 0 Å². The molecule has 1 aliphatic heterocycles. The lowest BCUT2D eigenvalue weighted by Gasteiger charge is -2.16. The zero-order valence-corrected chi connectivity index (χ0v) is 12.8. The Morgan fingerprint density at radius 2 is 2.32 bits per heavy atom. The Hall–Kier alpha value is -2.28. The first-order chi connectivity index (χ1) is 10.7. The van der Waals surface area contributed by atoms with Crippen molar-refractivity contribution in [3.8, 4) is 0 Å². The lowest BCUT2D eigenvalue weighted by Crippen LogP contribution is -2.29. The van der Waals surface area contributed by atoms with Crippen LogP contribution in [0.1, 0.15) is 34.2 Å². The number of pyridine rings is 1. The van der Waals surface area contributed by atoms with E-state index in [2.05, 4.69) is 15.3 Å². The normalized spacial score (nSPS) is 17.9. The van der Waals surface area contributed by atoms with Crippen molar-refractivity contribution in [2.24, 2.45) is 0 Å². The Labute approximate surface area is 128 Å². The fourth-order valence-electron chi connectivity index (χ4n) is 2.62. The SMILES string of the molecule is COCc1cn(C2CCN(C(=O)c3ccc(C)nc3)C2)nn1. The Balaban J connectivity index is 1.66. The first-order valence-electron chi connectivity index (χ1n) is 7.29. The van der Waals surface area contributed by atoms with Crippen molar-refractivity contribution in [2.45, 2.75) is 26.0 Å². The summed E-state index contributed by atoms with van der Waals surface area (Å²) in [5.74, 6) is 0.0206. The van der Waals surface area contributed by atoms with Crippen LogP contribution in [0, 0.1) is 6.92 Å². The van der Waals surface area contributed by atoms with Crippen molar-refractivity contribution in [3.05, 3.63) is 41.5 Å². The summed E-state index contributed by atoms with van der Waals surface area (Å²) in [5, 5.41) is 8.19. The molecular weight excluding hydrogens is 282 g/mol. The van der Waals surface area contributed by atoms with Crippen molar-refractivity contribution in [2.75, 3.05) is 20.2 Å². The van der Waals surface area contributed by atoms with Gasteiger partial charge in [0.1, 0.15) is 5.69 Å². The van der Waals surface area contributed by atoms with Crippen LogP contribution in [-0.2, 0) is 11.3 Å². The molecule has 0 spiro atoms. The van der Waals surface area contributed by atoms with Gasteiger partial charge in [0.05, 0.1) is 24.4 Å². The molecular formula is C15H19N5O2. The molecule has 3 heterocycles. The number of aryl methyl sites for hydroxylation is 1. The van der Waals surface area contributed by atoms with Gasteiger partial charge in [-0.05, 0) is 25.5 Å². The van der Waals surface area contributed by atoms with Crippen molar-refractivity contribution in [3.63, 3.8) is 0 Å². The van der Waals surface area contributed by atoms with Crippen molar-refractivity contribution in [1.82, 2.24) is 24.9 Å². The Morgan fingerprint density at radius 1 is 1.45 bits per heavy atom. The number of ether oxygens (including phenoxy) is 1. The van der Waals surface area contributed by atoms with Gasteiger partial charge in [-0.1, -0.05) is 5.21 Å². The third-order valence-electron chi connectivity index (χ3n) is 3.83. The summed E-state index contributed by atoms with van der Waals surface area (Å²) in [6.07, 6.45) is 4.40. The molecule has 1 fully saturated rings. The molecule has 3 rings (SSSR count). The minimum Gasteiger partial charge on any atom is -0.378 e. The van der Waals surface area contributed by atoms with Crippen LogP contribution in [0.15, 0.2) is 24.5 Å². The van der Waals surface area contributed by atoms with E-state index in [0.717, 1.165) is 24.4 Å². The zero-order valence-electron chi connectivity index (χ0n) is 12.8. The highest BCUT2D eigenvalue weighted by atomic mass is 16.5. The second kappa shape index (κ2) is 6.23. The third-order valence-corrected chi connectivity index (χ3v) is 3.83. The molecule has 2 aromatic rings. The van der Waals surface area contributed by atoms with E-state index in [1.807, 2.05) is 34.8 Å². The van der Waals surface area contributed by atoms with E-state index in [4.69, 9.17) is 4.74 Å². The number of aromatic nitrogens is 4. The van der Waals surface area contributed by atoms with E-state index in [9.17, 15) is 4.79 Å². The molecule has 0 aliphatic carbocycles. The van der Waals surface area contributed by atoms with E-state index < -0.39 is 0 Å². The Morgan fingerprint density at radius 3 is 3.05 bits per heavy atom. The molecule has 1 atom stereocenters. The van der Waals surface area contributed by atoms with Crippen LogP contribution in [0.2, 0.25) is 0 Å². The van der Waals surface area contributed by atoms with Crippen LogP contribution in [0.4, 0.5) is 0 Å². The maximum absolute atomic E-state index is 12.5. The predicted molar refractivity (Wildman–Crippen MR) is 79.3 cm³/mol. The van der Waals surface area contributed by atoms with Crippen molar-refractivity contribution in [1.29, 1.82) is 0 Å². The highest BCUT2D eigenvalue weighted by molar-refractivity contribution is 5.94. The maximum atomic E-state index is 12.5. The number of likely N-dealkylation sites (tertiary alicyclic amines) is 1. The number of hydrogen-bond donors (Lipinski definition) is 0. The number of methoxy groups -OCH3 is 1. The quantitative estimate of drug-likeness (QED) is 0.849. The molecule has 1 saturated heterocycles. The van der Waals surface area contributed by atoms with E-state index in [-0.39, 0.29) is 11.9 Å². The predicted octanol–water partition coefficient (Wildman–Crippen LogP) is 1.22. The van der Waals surface area contributed by atoms with Gasteiger partial charge in [-0.2, -0.15) is 0 Å². The van der Waals surface area contributed by atoms with Gasteiger partial charge in [0.2, 0.25) is 0 Å². The van der Waals surface area contributed by atoms with Gasteiger partial charge in [0.25, 0.3) is 5.91 Å². The number of hydrogen-bond acceptors (Lipinski definition) is 5. The topological polar surface area (TPSA) is 73.1 Å². The third kappa shape index (κ3) is 2.99. The fourth-order valence-corrected chi connectivity index (χ4v) is 2.62. The van der Waals surface area contributed by atoms with Crippen LogP contribution < -0.4 is 0 Å². The summed E-state index contributed by atoms with van der Waals surface area (Å²) in [4.78, 5) is 18.5. The number of carbonyl (C=O) groups excluding carboxylic acids is 1. The summed E-state index contributed by atoms with van der Waals surface area (Å²) in [6, 6.07) is 3.85. The van der Waals surface area contributed by atoms with Crippen molar-refractivity contribution < 1.29 is 9.53 Å². The molecule has 7 nitrogen and oxygen atoms in total. The smallest absolute Gasteiger partial charge is 0.255 e. The highest BCUT2D eigenvalue weighted by Gasteiger charge is 2.29. The Kier molecular flexibility index (Phi) is 4.15. The molecule has 0 bridgehead atoms. The molecule has 2 aromatic heterocycles. The first-order valence-corrected chi connectivity index (χ1v) is 7.29. The summed E-state index contributed by atoms with van der Waals surface area (Å²) < 4.78 is 6.87. The van der Waals surface area contributed by atoms with Gasteiger partial charge in [-0.3, -0.25) is 9.78 Å². The molecule has 22 heavy (non-hydrogen) atoms. The molecule has 0 saturated carbocycles.